The van der Waals surface area contributed by atoms with Gasteiger partial charge in [-0.3, -0.25) is 9.59 Å². The first kappa shape index (κ1) is 14.8. The zero-order chi connectivity index (χ0) is 14.7. The number of carbonyl (C=O) groups excluding carboxylic acids is 2. The van der Waals surface area contributed by atoms with Gasteiger partial charge in [0.15, 0.2) is 0 Å². The van der Waals surface area contributed by atoms with Crippen molar-refractivity contribution in [3.05, 3.63) is 46.1 Å². The van der Waals surface area contributed by atoms with Crippen LogP contribution in [0.3, 0.4) is 0 Å². The summed E-state index contributed by atoms with van der Waals surface area (Å²) < 4.78 is 1.00. The van der Waals surface area contributed by atoms with Crippen LogP contribution in [0, 0.1) is 6.92 Å². The summed E-state index contributed by atoms with van der Waals surface area (Å²) in [7, 11) is 0. The fourth-order valence-electron chi connectivity index (χ4n) is 2.33. The molecule has 2 rings (SSSR count). The summed E-state index contributed by atoms with van der Waals surface area (Å²) in [6.07, 6.45) is 2.08. The minimum Gasteiger partial charge on any atom is -0.329 e. The Hall–Kier alpha value is -1.62. The van der Waals surface area contributed by atoms with Crippen molar-refractivity contribution in [3.63, 3.8) is 0 Å². The molecule has 1 aliphatic rings. The molecular weight excluding hydrogens is 320 g/mol. The molecule has 0 aliphatic carbocycles. The zero-order valence-corrected chi connectivity index (χ0v) is 12.9. The first-order valence-corrected chi connectivity index (χ1v) is 7.25. The minimum absolute atomic E-state index is 0.150. The third-order valence-electron chi connectivity index (χ3n) is 3.52. The van der Waals surface area contributed by atoms with Crippen LogP contribution in [0.5, 0.6) is 0 Å². The number of allylic oxidation sites excluding steroid dienone is 1. The molecule has 1 saturated heterocycles. The minimum atomic E-state index is -0.416. The predicted molar refractivity (Wildman–Crippen MR) is 80.8 cm³/mol. The van der Waals surface area contributed by atoms with Gasteiger partial charge in [0.2, 0.25) is 12.3 Å². The highest BCUT2D eigenvalue weighted by Crippen LogP contribution is 2.21. The van der Waals surface area contributed by atoms with Crippen molar-refractivity contribution in [1.29, 1.82) is 0 Å². The average Bonchev–Trinajstić information content (AvgIpc) is 2.39. The van der Waals surface area contributed by atoms with Crippen LogP contribution >= 0.6 is 15.9 Å². The third-order valence-corrected chi connectivity index (χ3v) is 4.01. The zero-order valence-electron chi connectivity index (χ0n) is 11.4. The summed E-state index contributed by atoms with van der Waals surface area (Å²) in [5.41, 5.74) is 2.85. The number of amides is 2. The van der Waals surface area contributed by atoms with Gasteiger partial charge in [-0.1, -0.05) is 28.6 Å². The number of benzene rings is 1. The van der Waals surface area contributed by atoms with Crippen LogP contribution in [0.4, 0.5) is 0 Å². The molecule has 0 saturated carbocycles. The van der Waals surface area contributed by atoms with E-state index in [-0.39, 0.29) is 5.91 Å². The normalized spacial score (nSPS) is 18.6. The maximum atomic E-state index is 12.0. The van der Waals surface area contributed by atoms with E-state index in [4.69, 9.17) is 0 Å². The van der Waals surface area contributed by atoms with Gasteiger partial charge in [-0.25, -0.2) is 0 Å². The second-order valence-corrected chi connectivity index (χ2v) is 5.91. The highest BCUT2D eigenvalue weighted by atomic mass is 79.9. The Kier molecular flexibility index (Phi) is 4.60. The number of nitrogens with zero attached hydrogens (tertiary/aromatic N) is 1. The molecule has 5 heteroatoms. The van der Waals surface area contributed by atoms with Crippen LogP contribution in [0.2, 0.25) is 0 Å². The second-order valence-electron chi connectivity index (χ2n) is 5.00. The fourth-order valence-corrected chi connectivity index (χ4v) is 2.81. The van der Waals surface area contributed by atoms with Crippen molar-refractivity contribution in [2.75, 3.05) is 0 Å². The van der Waals surface area contributed by atoms with Gasteiger partial charge in [-0.2, -0.15) is 0 Å². The number of halogens is 1. The van der Waals surface area contributed by atoms with Crippen LogP contribution in [-0.2, 0) is 16.1 Å². The Morgan fingerprint density at radius 1 is 1.55 bits per heavy atom. The Balaban J connectivity index is 2.14. The van der Waals surface area contributed by atoms with Crippen molar-refractivity contribution >= 4 is 28.2 Å². The van der Waals surface area contributed by atoms with E-state index in [0.29, 0.717) is 19.4 Å². The molecule has 0 bridgehead atoms. The largest absolute Gasteiger partial charge is 0.329 e. The first-order valence-electron chi connectivity index (χ1n) is 6.46. The number of rotatable bonds is 4. The summed E-state index contributed by atoms with van der Waals surface area (Å²) in [4.78, 5) is 24.8. The summed E-state index contributed by atoms with van der Waals surface area (Å²) in [5, 5.41) is 2.71. The maximum Gasteiger partial charge on any atom is 0.246 e. The molecule has 1 aromatic rings. The summed E-state index contributed by atoms with van der Waals surface area (Å²) >= 11 is 3.42. The fraction of sp³-hybridized carbons (Fsp3) is 0.333. The van der Waals surface area contributed by atoms with Crippen molar-refractivity contribution in [2.24, 2.45) is 0 Å². The van der Waals surface area contributed by atoms with Crippen molar-refractivity contribution in [2.45, 2.75) is 32.4 Å². The van der Waals surface area contributed by atoms with Crippen LogP contribution in [-0.4, -0.2) is 23.3 Å². The molecule has 106 valence electrons. The van der Waals surface area contributed by atoms with Crippen LogP contribution < -0.4 is 5.32 Å². The highest BCUT2D eigenvalue weighted by molar-refractivity contribution is 9.10. The van der Waals surface area contributed by atoms with E-state index in [1.54, 1.807) is 4.90 Å². The van der Waals surface area contributed by atoms with Gasteiger partial charge in [0.1, 0.15) is 6.04 Å². The van der Waals surface area contributed by atoms with Crippen LogP contribution in [0.25, 0.3) is 0 Å². The molecule has 0 aromatic heterocycles. The van der Waals surface area contributed by atoms with Gasteiger partial charge in [0, 0.05) is 16.7 Å². The number of piperidine rings is 1. The van der Waals surface area contributed by atoms with Crippen molar-refractivity contribution in [3.8, 4) is 0 Å². The Labute approximate surface area is 127 Å². The molecule has 1 heterocycles. The van der Waals surface area contributed by atoms with Gasteiger partial charge in [0.25, 0.3) is 0 Å². The Bertz CT molecular complexity index is 557. The topological polar surface area (TPSA) is 49.4 Å². The summed E-state index contributed by atoms with van der Waals surface area (Å²) in [6, 6.07) is 5.49. The Morgan fingerprint density at radius 3 is 2.90 bits per heavy atom. The van der Waals surface area contributed by atoms with E-state index in [1.807, 2.05) is 25.1 Å². The number of hydrogen-bond acceptors (Lipinski definition) is 2. The quantitative estimate of drug-likeness (QED) is 0.859. The van der Waals surface area contributed by atoms with Crippen LogP contribution in [0.1, 0.15) is 24.0 Å². The van der Waals surface area contributed by atoms with Gasteiger partial charge in [0.05, 0.1) is 0 Å². The first-order chi connectivity index (χ1) is 9.51. The van der Waals surface area contributed by atoms with Gasteiger partial charge in [-0.05, 0) is 43.0 Å². The van der Waals surface area contributed by atoms with E-state index in [2.05, 4.69) is 27.8 Å². The molecule has 1 atom stereocenters. The van der Waals surface area contributed by atoms with Gasteiger partial charge < -0.3 is 10.2 Å². The molecular formula is C15H17BrN2O2. The second kappa shape index (κ2) is 6.22. The van der Waals surface area contributed by atoms with Crippen LogP contribution in [0.15, 0.2) is 34.9 Å². The molecule has 4 nitrogen and oxygen atoms in total. The summed E-state index contributed by atoms with van der Waals surface area (Å²) in [5.74, 6) is -0.150. The molecule has 1 aromatic carbocycles. The predicted octanol–water partition coefficient (Wildman–Crippen LogP) is 2.51. The van der Waals surface area contributed by atoms with E-state index in [0.717, 1.165) is 27.7 Å². The molecule has 2 amide bonds. The van der Waals surface area contributed by atoms with Gasteiger partial charge >= 0.3 is 0 Å². The highest BCUT2D eigenvalue weighted by Gasteiger charge is 2.29. The SMILES string of the molecule is C=C1CCC(N(C=O)Cc2ccc(Br)cc2C)C(=O)N1. The third kappa shape index (κ3) is 3.28. The van der Waals surface area contributed by atoms with E-state index < -0.39 is 6.04 Å². The molecule has 0 spiro atoms. The smallest absolute Gasteiger partial charge is 0.246 e. The molecule has 1 N–H and O–H groups in total. The molecule has 1 aliphatic heterocycles. The molecule has 1 fully saturated rings. The van der Waals surface area contributed by atoms with Crippen molar-refractivity contribution < 1.29 is 9.59 Å². The lowest BCUT2D eigenvalue weighted by Crippen LogP contribution is -2.48. The summed E-state index contributed by atoms with van der Waals surface area (Å²) in [6.45, 7) is 6.18. The lowest BCUT2D eigenvalue weighted by molar-refractivity contribution is -0.134. The lowest BCUT2D eigenvalue weighted by Gasteiger charge is -2.31. The van der Waals surface area contributed by atoms with E-state index in [9.17, 15) is 9.59 Å². The van der Waals surface area contributed by atoms with E-state index >= 15 is 0 Å². The van der Waals surface area contributed by atoms with Crippen molar-refractivity contribution in [1.82, 2.24) is 10.2 Å². The standard InChI is InChI=1S/C15H17BrN2O2/c1-10-7-13(16)5-4-12(10)8-18(9-19)14-6-3-11(2)17-15(14)20/h4-5,7,9,14H,2-3,6,8H2,1H3,(H,17,20). The van der Waals surface area contributed by atoms with Gasteiger partial charge in [-0.15, -0.1) is 0 Å². The molecule has 20 heavy (non-hydrogen) atoms. The lowest BCUT2D eigenvalue weighted by atomic mass is 10.0. The maximum absolute atomic E-state index is 12.0. The number of hydrogen-bond donors (Lipinski definition) is 1. The average molecular weight is 337 g/mol. The Morgan fingerprint density at radius 2 is 2.30 bits per heavy atom. The number of nitrogens with one attached hydrogen (secondary N) is 1. The molecule has 0 radical (unpaired) electrons. The molecule has 1 unspecified atom stereocenters. The monoisotopic (exact) mass is 336 g/mol. The number of carbonyl (C=O) groups is 2. The number of aryl methyl sites for hydroxylation is 1. The van der Waals surface area contributed by atoms with E-state index in [1.165, 1.54) is 0 Å².